The van der Waals surface area contributed by atoms with Gasteiger partial charge in [-0.25, -0.2) is 4.98 Å². The molecule has 0 amide bonds. The second kappa shape index (κ2) is 4.61. The van der Waals surface area contributed by atoms with Crippen LogP contribution in [0.15, 0.2) is 0 Å². The normalized spacial score (nSPS) is 17.9. The first-order valence-electron chi connectivity index (χ1n) is 6.86. The van der Waals surface area contributed by atoms with E-state index < -0.39 is 0 Å². The van der Waals surface area contributed by atoms with Gasteiger partial charge in [0.1, 0.15) is 0 Å². The molecule has 1 aliphatic rings. The highest BCUT2D eigenvalue weighted by Gasteiger charge is 2.27. The third-order valence-corrected chi connectivity index (χ3v) is 4.66. The van der Waals surface area contributed by atoms with E-state index in [9.17, 15) is 0 Å². The molecule has 1 aliphatic heterocycles. The molecule has 0 radical (unpaired) electrons. The van der Waals surface area contributed by atoms with Crippen LogP contribution in [0.25, 0.3) is 0 Å². The van der Waals surface area contributed by atoms with Crippen LogP contribution in [0, 0.1) is 5.41 Å². The van der Waals surface area contributed by atoms with Crippen molar-refractivity contribution in [2.75, 3.05) is 13.1 Å². The molecule has 0 bridgehead atoms. The highest BCUT2D eigenvalue weighted by Crippen LogP contribution is 2.33. The monoisotopic (exact) mass is 266 g/mol. The summed E-state index contributed by atoms with van der Waals surface area (Å²) in [7, 11) is 0. The average molecular weight is 266 g/mol. The SMILES string of the molecule is CC(C)(C)CN1CCc2nc(C(C)(C)C)sc2C1. The van der Waals surface area contributed by atoms with Crippen molar-refractivity contribution in [1.29, 1.82) is 0 Å². The standard InChI is InChI=1S/C15H26N2S/c1-14(2,3)10-17-8-7-11-12(9-17)18-13(16-11)15(4,5)6/h7-10H2,1-6H3. The van der Waals surface area contributed by atoms with E-state index in [4.69, 9.17) is 4.98 Å². The first kappa shape index (κ1) is 14.0. The summed E-state index contributed by atoms with van der Waals surface area (Å²) in [6, 6.07) is 0. The molecular weight excluding hydrogens is 240 g/mol. The fourth-order valence-electron chi connectivity index (χ4n) is 2.37. The van der Waals surface area contributed by atoms with Gasteiger partial charge in [-0.05, 0) is 5.41 Å². The average Bonchev–Trinajstić information content (AvgIpc) is 2.57. The molecule has 0 saturated heterocycles. The van der Waals surface area contributed by atoms with E-state index in [1.807, 2.05) is 11.3 Å². The minimum absolute atomic E-state index is 0.191. The molecule has 3 heteroatoms. The Morgan fingerprint density at radius 1 is 1.17 bits per heavy atom. The molecule has 0 aliphatic carbocycles. The molecule has 1 aromatic rings. The Morgan fingerprint density at radius 2 is 1.83 bits per heavy atom. The summed E-state index contributed by atoms with van der Waals surface area (Å²) in [5.41, 5.74) is 1.93. The Morgan fingerprint density at radius 3 is 2.39 bits per heavy atom. The largest absolute Gasteiger partial charge is 0.297 e. The number of thiazole rings is 1. The molecule has 1 aromatic heterocycles. The van der Waals surface area contributed by atoms with Crippen LogP contribution in [-0.4, -0.2) is 23.0 Å². The molecule has 0 fully saturated rings. The van der Waals surface area contributed by atoms with Gasteiger partial charge in [0, 0.05) is 36.3 Å². The lowest BCUT2D eigenvalue weighted by molar-refractivity contribution is 0.178. The smallest absolute Gasteiger partial charge is 0.0985 e. The minimum atomic E-state index is 0.191. The molecule has 0 N–H and O–H groups in total. The van der Waals surface area contributed by atoms with E-state index in [2.05, 4.69) is 46.4 Å². The Hall–Kier alpha value is -0.410. The quantitative estimate of drug-likeness (QED) is 0.767. The van der Waals surface area contributed by atoms with Crippen molar-refractivity contribution in [3.8, 4) is 0 Å². The molecule has 18 heavy (non-hydrogen) atoms. The van der Waals surface area contributed by atoms with Gasteiger partial charge < -0.3 is 0 Å². The number of rotatable bonds is 1. The third-order valence-electron chi connectivity index (χ3n) is 3.15. The van der Waals surface area contributed by atoms with Crippen LogP contribution < -0.4 is 0 Å². The van der Waals surface area contributed by atoms with Crippen molar-refractivity contribution < 1.29 is 0 Å². The summed E-state index contributed by atoms with van der Waals surface area (Å²) in [5, 5.41) is 1.30. The molecule has 102 valence electrons. The van der Waals surface area contributed by atoms with Gasteiger partial charge in [-0.15, -0.1) is 11.3 Å². The maximum atomic E-state index is 4.84. The van der Waals surface area contributed by atoms with Gasteiger partial charge in [0.15, 0.2) is 0 Å². The highest BCUT2D eigenvalue weighted by atomic mass is 32.1. The molecule has 2 nitrogen and oxygen atoms in total. The zero-order valence-electron chi connectivity index (χ0n) is 12.6. The fourth-order valence-corrected chi connectivity index (χ4v) is 3.58. The second-order valence-corrected chi connectivity index (χ2v) is 8.74. The van der Waals surface area contributed by atoms with Crippen LogP contribution in [0.1, 0.15) is 57.1 Å². The van der Waals surface area contributed by atoms with Crippen LogP contribution in [0.5, 0.6) is 0 Å². The molecule has 0 spiro atoms. The lowest BCUT2D eigenvalue weighted by Gasteiger charge is -2.32. The van der Waals surface area contributed by atoms with E-state index in [1.54, 1.807) is 0 Å². The number of hydrogen-bond donors (Lipinski definition) is 0. The Balaban J connectivity index is 2.13. The van der Waals surface area contributed by atoms with Crippen molar-refractivity contribution in [2.45, 2.75) is 59.9 Å². The molecule has 0 saturated carbocycles. The van der Waals surface area contributed by atoms with Crippen molar-refractivity contribution in [1.82, 2.24) is 9.88 Å². The van der Waals surface area contributed by atoms with Gasteiger partial charge in [-0.2, -0.15) is 0 Å². The van der Waals surface area contributed by atoms with Gasteiger partial charge in [0.2, 0.25) is 0 Å². The van der Waals surface area contributed by atoms with Crippen LogP contribution in [0.2, 0.25) is 0 Å². The zero-order valence-corrected chi connectivity index (χ0v) is 13.4. The predicted octanol–water partition coefficient (Wildman–Crippen LogP) is 3.84. The Bertz CT molecular complexity index is 421. The molecule has 0 unspecified atom stereocenters. The topological polar surface area (TPSA) is 16.1 Å². The number of aromatic nitrogens is 1. The van der Waals surface area contributed by atoms with Gasteiger partial charge >= 0.3 is 0 Å². The summed E-state index contributed by atoms with van der Waals surface area (Å²) in [6.45, 7) is 17.1. The lowest BCUT2D eigenvalue weighted by atomic mass is 9.95. The summed E-state index contributed by atoms with van der Waals surface area (Å²) in [4.78, 5) is 8.92. The number of hydrogen-bond acceptors (Lipinski definition) is 3. The zero-order chi connectivity index (χ0) is 13.6. The van der Waals surface area contributed by atoms with E-state index in [0.29, 0.717) is 5.41 Å². The summed E-state index contributed by atoms with van der Waals surface area (Å²) in [6.07, 6.45) is 1.12. The van der Waals surface area contributed by atoms with Crippen LogP contribution in [-0.2, 0) is 18.4 Å². The van der Waals surface area contributed by atoms with Gasteiger partial charge in [0.05, 0.1) is 10.7 Å². The fraction of sp³-hybridized carbons (Fsp3) is 0.800. The summed E-state index contributed by atoms with van der Waals surface area (Å²) in [5.74, 6) is 0. The van der Waals surface area contributed by atoms with Crippen molar-refractivity contribution in [3.05, 3.63) is 15.6 Å². The van der Waals surface area contributed by atoms with Crippen molar-refractivity contribution in [3.63, 3.8) is 0 Å². The van der Waals surface area contributed by atoms with Crippen LogP contribution in [0.4, 0.5) is 0 Å². The van der Waals surface area contributed by atoms with Crippen LogP contribution >= 0.6 is 11.3 Å². The van der Waals surface area contributed by atoms with Crippen molar-refractivity contribution in [2.24, 2.45) is 5.41 Å². The molecule has 2 rings (SSSR count). The molecular formula is C15H26N2S. The van der Waals surface area contributed by atoms with Crippen molar-refractivity contribution >= 4 is 11.3 Å². The third kappa shape index (κ3) is 3.33. The predicted molar refractivity (Wildman–Crippen MR) is 79.3 cm³/mol. The van der Waals surface area contributed by atoms with E-state index >= 15 is 0 Å². The van der Waals surface area contributed by atoms with E-state index in [1.165, 1.54) is 22.1 Å². The lowest BCUT2D eigenvalue weighted by Crippen LogP contribution is -2.36. The van der Waals surface area contributed by atoms with Crippen LogP contribution in [0.3, 0.4) is 0 Å². The number of fused-ring (bicyclic) bond motifs is 1. The molecule has 2 heterocycles. The summed E-state index contributed by atoms with van der Waals surface area (Å²) >= 11 is 1.92. The van der Waals surface area contributed by atoms with Gasteiger partial charge in [-0.1, -0.05) is 41.5 Å². The number of nitrogens with zero attached hydrogens (tertiary/aromatic N) is 2. The highest BCUT2D eigenvalue weighted by molar-refractivity contribution is 7.11. The second-order valence-electron chi connectivity index (χ2n) is 7.66. The van der Waals surface area contributed by atoms with Gasteiger partial charge in [-0.3, -0.25) is 4.90 Å². The van der Waals surface area contributed by atoms with E-state index in [-0.39, 0.29) is 5.41 Å². The maximum Gasteiger partial charge on any atom is 0.0985 e. The maximum absolute atomic E-state index is 4.84. The molecule has 0 atom stereocenters. The van der Waals surface area contributed by atoms with Gasteiger partial charge in [0.25, 0.3) is 0 Å². The summed E-state index contributed by atoms with van der Waals surface area (Å²) < 4.78 is 0. The minimum Gasteiger partial charge on any atom is -0.297 e. The Labute approximate surface area is 115 Å². The Kier molecular flexibility index (Phi) is 3.58. The van der Waals surface area contributed by atoms with E-state index in [0.717, 1.165) is 19.5 Å². The molecule has 0 aromatic carbocycles. The first-order valence-corrected chi connectivity index (χ1v) is 7.68. The first-order chi connectivity index (χ1) is 8.15.